The maximum absolute atomic E-state index is 11.7. The molecule has 1 aromatic heterocycles. The summed E-state index contributed by atoms with van der Waals surface area (Å²) in [5.74, 6) is -0.388. The summed E-state index contributed by atoms with van der Waals surface area (Å²) in [4.78, 5) is 26.8. The monoisotopic (exact) mass is 317 g/mol. The average molecular weight is 317 g/mol. The molecule has 0 bridgehead atoms. The van der Waals surface area contributed by atoms with Crippen LogP contribution in [0.1, 0.15) is 30.3 Å². The van der Waals surface area contributed by atoms with Gasteiger partial charge in [-0.2, -0.15) is 0 Å². The lowest BCUT2D eigenvalue weighted by molar-refractivity contribution is -0.138. The number of hydrogen-bond donors (Lipinski definition) is 2. The molecule has 0 radical (unpaired) electrons. The second-order valence-corrected chi connectivity index (χ2v) is 5.76. The van der Waals surface area contributed by atoms with Crippen molar-refractivity contribution in [2.75, 3.05) is 13.2 Å². The third-order valence-electron chi connectivity index (χ3n) is 3.93. The Kier molecular flexibility index (Phi) is 4.29. The molecule has 0 unspecified atom stereocenters. The number of carbonyl (C=O) groups excluding carboxylic acids is 1. The molecule has 23 heavy (non-hydrogen) atoms. The number of nitrogens with one attached hydrogen (secondary N) is 1. The third kappa shape index (κ3) is 3.34. The van der Waals surface area contributed by atoms with Crippen LogP contribution >= 0.6 is 0 Å². The molecule has 1 aliphatic heterocycles. The van der Waals surface area contributed by atoms with Crippen molar-refractivity contribution in [1.29, 1.82) is 0 Å². The quantitative estimate of drug-likeness (QED) is 0.869. The van der Waals surface area contributed by atoms with Crippen molar-refractivity contribution in [2.45, 2.75) is 32.4 Å². The van der Waals surface area contributed by atoms with Crippen LogP contribution in [0.3, 0.4) is 0 Å². The van der Waals surface area contributed by atoms with Gasteiger partial charge in [-0.15, -0.1) is 0 Å². The summed E-state index contributed by atoms with van der Waals surface area (Å²) < 4.78 is 7.68. The Morgan fingerprint density at radius 1 is 1.43 bits per heavy atom. The lowest BCUT2D eigenvalue weighted by atomic mass is 10.2. The molecular weight excluding hydrogens is 298 g/mol. The number of fused-ring (bicyclic) bond motifs is 3. The Balaban J connectivity index is 1.76. The molecule has 0 saturated heterocycles. The highest BCUT2D eigenvalue weighted by Crippen LogP contribution is 2.26. The van der Waals surface area contributed by atoms with Gasteiger partial charge in [0.1, 0.15) is 12.4 Å². The Bertz CT molecular complexity index is 753. The minimum absolute atomic E-state index is 0.0143. The zero-order valence-electron chi connectivity index (χ0n) is 12.9. The van der Waals surface area contributed by atoms with Crippen molar-refractivity contribution >= 4 is 22.9 Å². The van der Waals surface area contributed by atoms with Gasteiger partial charge >= 0.3 is 5.97 Å². The average Bonchev–Trinajstić information content (AvgIpc) is 2.89. The molecule has 0 fully saturated rings. The standard InChI is InChI=1S/C16H19N3O4/c1-10-2-3-12-13(6-10)19-11(8-23-9-14(19)18-12)7-17-15(20)4-5-16(21)22/h2-3,6,11H,4-5,7-9H2,1H3,(H,17,20)(H,21,22)/t11-/m0/s1. The lowest BCUT2D eigenvalue weighted by Gasteiger charge is -2.26. The van der Waals surface area contributed by atoms with Crippen molar-refractivity contribution in [3.05, 3.63) is 29.6 Å². The predicted molar refractivity (Wildman–Crippen MR) is 83.0 cm³/mol. The minimum Gasteiger partial charge on any atom is -0.481 e. The van der Waals surface area contributed by atoms with Crippen LogP contribution in [0.2, 0.25) is 0 Å². The first-order valence-corrected chi connectivity index (χ1v) is 7.58. The summed E-state index contributed by atoms with van der Waals surface area (Å²) >= 11 is 0. The van der Waals surface area contributed by atoms with E-state index < -0.39 is 5.97 Å². The second kappa shape index (κ2) is 6.37. The van der Waals surface area contributed by atoms with Crippen molar-refractivity contribution in [3.8, 4) is 0 Å². The van der Waals surface area contributed by atoms with Crippen LogP contribution in [0.15, 0.2) is 18.2 Å². The number of amides is 1. The SMILES string of the molecule is Cc1ccc2nc3n(c2c1)[C@@H](CNC(=O)CCC(=O)O)COC3. The molecule has 7 heteroatoms. The van der Waals surface area contributed by atoms with Crippen LogP contribution in [-0.4, -0.2) is 39.7 Å². The van der Waals surface area contributed by atoms with E-state index in [2.05, 4.69) is 20.9 Å². The van der Waals surface area contributed by atoms with Gasteiger partial charge in [0.25, 0.3) is 0 Å². The fourth-order valence-corrected chi connectivity index (χ4v) is 2.81. The topological polar surface area (TPSA) is 93.5 Å². The van der Waals surface area contributed by atoms with Crippen molar-refractivity contribution in [3.63, 3.8) is 0 Å². The predicted octanol–water partition coefficient (Wildman–Crippen LogP) is 1.40. The van der Waals surface area contributed by atoms with E-state index in [1.807, 2.05) is 19.1 Å². The van der Waals surface area contributed by atoms with E-state index in [4.69, 9.17) is 9.84 Å². The number of ether oxygens (including phenoxy) is 1. The van der Waals surface area contributed by atoms with E-state index in [0.29, 0.717) is 19.8 Å². The van der Waals surface area contributed by atoms with Gasteiger partial charge in [0.2, 0.25) is 5.91 Å². The number of benzene rings is 1. The molecule has 2 aromatic rings. The molecule has 7 nitrogen and oxygen atoms in total. The normalized spacial score (nSPS) is 17.0. The van der Waals surface area contributed by atoms with E-state index in [9.17, 15) is 9.59 Å². The van der Waals surface area contributed by atoms with E-state index in [1.54, 1.807) is 0 Å². The molecule has 0 aliphatic carbocycles. The van der Waals surface area contributed by atoms with Gasteiger partial charge < -0.3 is 19.7 Å². The maximum atomic E-state index is 11.7. The largest absolute Gasteiger partial charge is 0.481 e. The third-order valence-corrected chi connectivity index (χ3v) is 3.93. The van der Waals surface area contributed by atoms with Crippen LogP contribution in [0.4, 0.5) is 0 Å². The van der Waals surface area contributed by atoms with Gasteiger partial charge in [-0.3, -0.25) is 9.59 Å². The number of carbonyl (C=O) groups is 2. The molecular formula is C16H19N3O4. The number of carboxylic acids is 1. The first kappa shape index (κ1) is 15.5. The van der Waals surface area contributed by atoms with Crippen LogP contribution in [0.5, 0.6) is 0 Å². The van der Waals surface area contributed by atoms with E-state index >= 15 is 0 Å². The van der Waals surface area contributed by atoms with Gasteiger partial charge in [-0.25, -0.2) is 4.98 Å². The molecule has 1 amide bonds. The number of hydrogen-bond acceptors (Lipinski definition) is 4. The highest BCUT2D eigenvalue weighted by Gasteiger charge is 2.24. The number of nitrogens with zero attached hydrogens (tertiary/aromatic N) is 2. The molecule has 0 saturated carbocycles. The number of carboxylic acid groups (broad SMARTS) is 1. The molecule has 0 spiro atoms. The molecule has 1 aliphatic rings. The fraction of sp³-hybridized carbons (Fsp3) is 0.438. The van der Waals surface area contributed by atoms with Crippen LogP contribution in [-0.2, 0) is 20.9 Å². The summed E-state index contributed by atoms with van der Waals surface area (Å²) in [5, 5.41) is 11.4. The maximum Gasteiger partial charge on any atom is 0.303 e. The summed E-state index contributed by atoms with van der Waals surface area (Å²) in [6.45, 7) is 3.37. The summed E-state index contributed by atoms with van der Waals surface area (Å²) in [7, 11) is 0. The van der Waals surface area contributed by atoms with Crippen molar-refractivity contribution in [2.24, 2.45) is 0 Å². The van der Waals surface area contributed by atoms with E-state index in [-0.39, 0.29) is 24.8 Å². The van der Waals surface area contributed by atoms with Crippen LogP contribution in [0, 0.1) is 6.92 Å². The van der Waals surface area contributed by atoms with Gasteiger partial charge in [0, 0.05) is 13.0 Å². The summed E-state index contributed by atoms with van der Waals surface area (Å²) in [6, 6.07) is 6.04. The van der Waals surface area contributed by atoms with E-state index in [0.717, 1.165) is 22.4 Å². The summed E-state index contributed by atoms with van der Waals surface area (Å²) in [6.07, 6.45) is -0.176. The number of aromatic nitrogens is 2. The van der Waals surface area contributed by atoms with Gasteiger partial charge in [0.05, 0.1) is 30.1 Å². The molecule has 122 valence electrons. The minimum atomic E-state index is -0.973. The molecule has 2 N–H and O–H groups in total. The molecule has 3 rings (SSSR count). The van der Waals surface area contributed by atoms with Crippen molar-refractivity contribution in [1.82, 2.24) is 14.9 Å². The van der Waals surface area contributed by atoms with Gasteiger partial charge in [-0.1, -0.05) is 6.07 Å². The Morgan fingerprint density at radius 3 is 3.04 bits per heavy atom. The van der Waals surface area contributed by atoms with Crippen LogP contribution in [0.25, 0.3) is 11.0 Å². The second-order valence-electron chi connectivity index (χ2n) is 5.76. The molecule has 1 atom stereocenters. The highest BCUT2D eigenvalue weighted by atomic mass is 16.5. The van der Waals surface area contributed by atoms with E-state index in [1.165, 1.54) is 0 Å². The van der Waals surface area contributed by atoms with Crippen LogP contribution < -0.4 is 5.32 Å². The molecule has 1 aromatic carbocycles. The van der Waals surface area contributed by atoms with Gasteiger partial charge in [-0.05, 0) is 24.6 Å². The number of aryl methyl sites for hydroxylation is 1. The Hall–Kier alpha value is -2.41. The summed E-state index contributed by atoms with van der Waals surface area (Å²) in [5.41, 5.74) is 3.10. The Morgan fingerprint density at radius 2 is 2.26 bits per heavy atom. The number of aliphatic carboxylic acids is 1. The first-order valence-electron chi connectivity index (χ1n) is 7.58. The first-order chi connectivity index (χ1) is 11.0. The fourth-order valence-electron chi connectivity index (χ4n) is 2.81. The molecule has 2 heterocycles. The Labute approximate surface area is 133 Å². The number of rotatable bonds is 5. The zero-order chi connectivity index (χ0) is 16.4. The smallest absolute Gasteiger partial charge is 0.303 e. The van der Waals surface area contributed by atoms with Gasteiger partial charge in [0.15, 0.2) is 0 Å². The lowest BCUT2D eigenvalue weighted by Crippen LogP contribution is -2.35. The zero-order valence-corrected chi connectivity index (χ0v) is 12.9. The van der Waals surface area contributed by atoms with Crippen molar-refractivity contribution < 1.29 is 19.4 Å². The highest BCUT2D eigenvalue weighted by molar-refractivity contribution is 5.80. The number of imidazole rings is 1.